The summed E-state index contributed by atoms with van der Waals surface area (Å²) in [5.41, 5.74) is -0.0413. The van der Waals surface area contributed by atoms with Crippen LogP contribution >= 0.6 is 0 Å². The van der Waals surface area contributed by atoms with Gasteiger partial charge in [-0.1, -0.05) is 0 Å². The summed E-state index contributed by atoms with van der Waals surface area (Å²) in [4.78, 5) is 0. The van der Waals surface area contributed by atoms with Gasteiger partial charge in [0.1, 0.15) is 0 Å². The molecule has 164 valence electrons. The van der Waals surface area contributed by atoms with Crippen molar-refractivity contribution in [3.8, 4) is 0 Å². The van der Waals surface area contributed by atoms with E-state index < -0.39 is 0 Å². The van der Waals surface area contributed by atoms with Gasteiger partial charge in [-0.3, -0.25) is 0 Å². The molecule has 0 atom stereocenters. The number of hydrogen-bond donors (Lipinski definition) is 2. The minimum atomic E-state index is -0.169. The average molecular weight is 389 g/mol. The lowest BCUT2D eigenvalue weighted by Gasteiger charge is -2.32. The third kappa shape index (κ3) is 18.9. The highest BCUT2D eigenvalue weighted by Gasteiger charge is 2.25. The fourth-order valence-electron chi connectivity index (χ4n) is 2.48. The molecule has 27 heavy (non-hydrogen) atoms. The monoisotopic (exact) mass is 388 g/mol. The van der Waals surface area contributed by atoms with Crippen molar-refractivity contribution in [2.24, 2.45) is 0 Å². The Hall–Kier alpha value is -0.200. The summed E-state index contributed by atoms with van der Waals surface area (Å²) < 4.78 is 17.7. The van der Waals surface area contributed by atoms with Crippen molar-refractivity contribution in [2.45, 2.75) is 104 Å². The van der Waals surface area contributed by atoms with Crippen LogP contribution in [-0.4, -0.2) is 61.8 Å². The molecule has 5 heteroatoms. The van der Waals surface area contributed by atoms with Crippen molar-refractivity contribution in [1.82, 2.24) is 10.6 Å². The number of rotatable bonds is 14. The second-order valence-electron chi connectivity index (χ2n) is 10.7. The Morgan fingerprint density at radius 1 is 0.519 bits per heavy atom. The van der Waals surface area contributed by atoms with Crippen molar-refractivity contribution in [1.29, 1.82) is 0 Å². The zero-order valence-corrected chi connectivity index (χ0v) is 19.9. The van der Waals surface area contributed by atoms with Crippen LogP contribution in [0.2, 0.25) is 0 Å². The molecule has 0 saturated carbocycles. The van der Waals surface area contributed by atoms with Crippen LogP contribution in [0.25, 0.3) is 0 Å². The summed E-state index contributed by atoms with van der Waals surface area (Å²) in [5, 5.41) is 6.87. The van der Waals surface area contributed by atoms with Crippen LogP contribution in [0.4, 0.5) is 0 Å². The molecule has 0 aromatic heterocycles. The van der Waals surface area contributed by atoms with Gasteiger partial charge < -0.3 is 24.8 Å². The van der Waals surface area contributed by atoms with E-state index in [9.17, 15) is 0 Å². The Labute approximate surface area is 169 Å². The smallest absolute Gasteiger partial charge is 0.0707 e. The maximum absolute atomic E-state index is 6.07. The number of ether oxygens (including phenoxy) is 3. The van der Waals surface area contributed by atoms with Gasteiger partial charge in [-0.25, -0.2) is 0 Å². The van der Waals surface area contributed by atoms with E-state index in [1.807, 2.05) is 0 Å². The summed E-state index contributed by atoms with van der Waals surface area (Å²) in [7, 11) is 0. The van der Waals surface area contributed by atoms with Crippen molar-refractivity contribution in [2.75, 3.05) is 39.5 Å². The van der Waals surface area contributed by atoms with Crippen molar-refractivity contribution >= 4 is 0 Å². The topological polar surface area (TPSA) is 51.8 Å². The maximum atomic E-state index is 6.07. The molecule has 5 nitrogen and oxygen atoms in total. The minimum absolute atomic E-state index is 0.133. The second kappa shape index (κ2) is 11.7. The minimum Gasteiger partial charge on any atom is -0.378 e. The molecule has 0 aromatic rings. The molecule has 0 spiro atoms. The molecule has 0 bridgehead atoms. The summed E-state index contributed by atoms with van der Waals surface area (Å²) in [6, 6.07) is 0. The molecule has 0 radical (unpaired) electrons. The quantitative estimate of drug-likeness (QED) is 0.438. The summed E-state index contributed by atoms with van der Waals surface area (Å²) in [6.07, 6.45) is 1.92. The molecule has 0 aliphatic rings. The zero-order chi connectivity index (χ0) is 21.2. The van der Waals surface area contributed by atoms with E-state index in [4.69, 9.17) is 14.2 Å². The van der Waals surface area contributed by atoms with Crippen molar-refractivity contribution in [3.63, 3.8) is 0 Å². The zero-order valence-electron chi connectivity index (χ0n) is 19.9. The third-order valence-electron chi connectivity index (χ3n) is 4.20. The van der Waals surface area contributed by atoms with E-state index in [0.717, 1.165) is 32.5 Å². The average Bonchev–Trinajstić information content (AvgIpc) is 2.47. The van der Waals surface area contributed by atoms with E-state index >= 15 is 0 Å². The fourth-order valence-corrected chi connectivity index (χ4v) is 2.48. The number of nitrogens with one attached hydrogen (secondary N) is 2. The van der Waals surface area contributed by atoms with Crippen LogP contribution < -0.4 is 10.6 Å². The molecule has 0 aliphatic carbocycles. The predicted molar refractivity (Wildman–Crippen MR) is 116 cm³/mol. The first-order valence-corrected chi connectivity index (χ1v) is 10.5. The summed E-state index contributed by atoms with van der Waals surface area (Å²) in [6.45, 7) is 26.0. The lowest BCUT2D eigenvalue weighted by molar-refractivity contribution is -0.0750. The van der Waals surface area contributed by atoms with Gasteiger partial charge in [0, 0.05) is 24.2 Å². The highest BCUT2D eigenvalue weighted by molar-refractivity contribution is 4.77. The van der Waals surface area contributed by atoms with Gasteiger partial charge in [0.2, 0.25) is 0 Å². The Balaban J connectivity index is 3.87. The number of hydrogen-bond acceptors (Lipinski definition) is 5. The van der Waals surface area contributed by atoms with Gasteiger partial charge in [-0.2, -0.15) is 0 Å². The van der Waals surface area contributed by atoms with Gasteiger partial charge in [-0.15, -0.1) is 0 Å². The van der Waals surface area contributed by atoms with Crippen LogP contribution in [0, 0.1) is 0 Å². The van der Waals surface area contributed by atoms with Crippen LogP contribution in [0.1, 0.15) is 82.1 Å². The van der Waals surface area contributed by atoms with Gasteiger partial charge >= 0.3 is 0 Å². The Morgan fingerprint density at radius 3 is 1.37 bits per heavy atom. The molecular weight excluding hydrogens is 340 g/mol. The molecule has 0 fully saturated rings. The Morgan fingerprint density at radius 2 is 0.926 bits per heavy atom. The van der Waals surface area contributed by atoms with Gasteiger partial charge in [-0.05, 0) is 82.1 Å². The molecule has 0 heterocycles. The molecule has 0 amide bonds. The first-order valence-electron chi connectivity index (χ1n) is 10.5. The summed E-state index contributed by atoms with van der Waals surface area (Å²) in [5.74, 6) is 0. The molecule has 0 rings (SSSR count). The fraction of sp³-hybridized carbons (Fsp3) is 1.00. The largest absolute Gasteiger partial charge is 0.378 e. The van der Waals surface area contributed by atoms with Crippen LogP contribution in [0.5, 0.6) is 0 Å². The summed E-state index contributed by atoms with van der Waals surface area (Å²) >= 11 is 0. The SMILES string of the molecule is CC(C)(C)NCCOCCOC(C)(C)CCC(C)(C)OCCNC(C)(C)C. The van der Waals surface area contributed by atoms with Gasteiger partial charge in [0.15, 0.2) is 0 Å². The lowest BCUT2D eigenvalue weighted by Crippen LogP contribution is -2.40. The van der Waals surface area contributed by atoms with Gasteiger partial charge in [0.25, 0.3) is 0 Å². The molecule has 0 aromatic carbocycles. The first-order chi connectivity index (χ1) is 12.1. The highest BCUT2D eigenvalue weighted by Crippen LogP contribution is 2.24. The van der Waals surface area contributed by atoms with Crippen LogP contribution in [0.3, 0.4) is 0 Å². The van der Waals surface area contributed by atoms with E-state index in [0.29, 0.717) is 19.8 Å². The van der Waals surface area contributed by atoms with E-state index in [2.05, 4.69) is 79.9 Å². The van der Waals surface area contributed by atoms with Crippen molar-refractivity contribution in [3.05, 3.63) is 0 Å². The van der Waals surface area contributed by atoms with Crippen LogP contribution in [0.15, 0.2) is 0 Å². The third-order valence-corrected chi connectivity index (χ3v) is 4.20. The second-order valence-corrected chi connectivity index (χ2v) is 10.7. The normalized spacial score (nSPS) is 14.0. The maximum Gasteiger partial charge on any atom is 0.0707 e. The molecular formula is C22H48N2O3. The standard InChI is InChI=1S/C22H48N2O3/c1-19(2,3)23-13-15-25-17-18-27-22(9,10)12-11-21(7,8)26-16-14-24-20(4,5)6/h23-24H,11-18H2,1-10H3. The highest BCUT2D eigenvalue weighted by atomic mass is 16.5. The molecule has 0 saturated heterocycles. The van der Waals surface area contributed by atoms with E-state index in [1.54, 1.807) is 0 Å². The van der Waals surface area contributed by atoms with E-state index in [-0.39, 0.29) is 22.3 Å². The lowest BCUT2D eigenvalue weighted by atomic mass is 9.94. The Kier molecular flexibility index (Phi) is 11.6. The van der Waals surface area contributed by atoms with E-state index in [1.165, 1.54) is 0 Å². The molecule has 2 N–H and O–H groups in total. The Bertz CT molecular complexity index is 382. The van der Waals surface area contributed by atoms with Crippen LogP contribution in [-0.2, 0) is 14.2 Å². The molecule has 0 aliphatic heterocycles. The van der Waals surface area contributed by atoms with Gasteiger partial charge in [0.05, 0.1) is 37.6 Å². The first kappa shape index (κ1) is 26.8. The predicted octanol–water partition coefficient (Wildman–Crippen LogP) is 4.15. The van der Waals surface area contributed by atoms with Crippen molar-refractivity contribution < 1.29 is 14.2 Å². The molecule has 0 unspecified atom stereocenters.